The number of ketones is 1. The topological polar surface area (TPSA) is 50.1 Å². The van der Waals surface area contributed by atoms with Crippen molar-refractivity contribution in [2.45, 2.75) is 0 Å². The molecular weight excluding hydrogens is 264 g/mol. The number of benzene rings is 2. The number of carbonyl (C=O) groups is 1. The Balaban J connectivity index is 2.02. The van der Waals surface area contributed by atoms with Crippen LogP contribution < -0.4 is 4.74 Å². The van der Waals surface area contributed by atoms with Crippen molar-refractivity contribution in [1.29, 1.82) is 5.26 Å². The third-order valence-electron chi connectivity index (χ3n) is 2.54. The number of nitrogens with zero attached hydrogens (tertiary/aromatic N) is 1. The van der Waals surface area contributed by atoms with Gasteiger partial charge in [-0.05, 0) is 24.3 Å². The van der Waals surface area contributed by atoms with Crippen LogP contribution >= 0.6 is 0 Å². The van der Waals surface area contributed by atoms with Crippen molar-refractivity contribution in [1.82, 2.24) is 0 Å². The molecule has 0 aromatic heterocycles. The van der Waals surface area contributed by atoms with E-state index in [-0.39, 0.29) is 18.1 Å². The lowest BCUT2D eigenvalue weighted by atomic mass is 10.1. The molecule has 2 aromatic rings. The normalized spacial score (nSPS) is 9.85. The first-order valence-electron chi connectivity index (χ1n) is 5.71. The molecule has 0 saturated carbocycles. The van der Waals surface area contributed by atoms with Crippen LogP contribution in [0.2, 0.25) is 0 Å². The maximum Gasteiger partial charge on any atom is 0.200 e. The summed E-state index contributed by atoms with van der Waals surface area (Å²) in [6, 6.07) is 10.7. The van der Waals surface area contributed by atoms with Gasteiger partial charge in [0.05, 0.1) is 11.6 Å². The summed E-state index contributed by atoms with van der Waals surface area (Å²) in [7, 11) is 0. The van der Waals surface area contributed by atoms with Crippen molar-refractivity contribution in [3.05, 3.63) is 65.2 Å². The molecule has 0 saturated heterocycles. The van der Waals surface area contributed by atoms with Crippen LogP contribution in [0.15, 0.2) is 42.5 Å². The number of nitriles is 1. The summed E-state index contributed by atoms with van der Waals surface area (Å²) in [6.07, 6.45) is 0. The van der Waals surface area contributed by atoms with Gasteiger partial charge >= 0.3 is 0 Å². The van der Waals surface area contributed by atoms with Gasteiger partial charge in [-0.2, -0.15) is 5.26 Å². The third kappa shape index (κ3) is 3.39. The zero-order chi connectivity index (χ0) is 14.5. The van der Waals surface area contributed by atoms with E-state index in [2.05, 4.69) is 0 Å². The summed E-state index contributed by atoms with van der Waals surface area (Å²) >= 11 is 0. The summed E-state index contributed by atoms with van der Waals surface area (Å²) in [6.45, 7) is -0.338. The van der Waals surface area contributed by atoms with Gasteiger partial charge in [-0.3, -0.25) is 4.79 Å². The van der Waals surface area contributed by atoms with E-state index >= 15 is 0 Å². The van der Waals surface area contributed by atoms with Crippen LogP contribution in [0.1, 0.15) is 15.9 Å². The molecule has 0 aliphatic rings. The van der Waals surface area contributed by atoms with E-state index < -0.39 is 11.6 Å². The molecule has 0 unspecified atom stereocenters. The molecule has 20 heavy (non-hydrogen) atoms. The van der Waals surface area contributed by atoms with Crippen LogP contribution in [0.3, 0.4) is 0 Å². The van der Waals surface area contributed by atoms with Crippen molar-refractivity contribution in [2.24, 2.45) is 0 Å². The SMILES string of the molecule is N#Cc1ccc(C(=O)COc2cc(F)cc(F)c2)cc1. The van der Waals surface area contributed by atoms with Gasteiger partial charge in [-0.1, -0.05) is 0 Å². The number of hydrogen-bond donors (Lipinski definition) is 0. The molecule has 3 nitrogen and oxygen atoms in total. The van der Waals surface area contributed by atoms with E-state index in [1.807, 2.05) is 6.07 Å². The van der Waals surface area contributed by atoms with Crippen LogP contribution in [0.25, 0.3) is 0 Å². The fourth-order valence-corrected chi connectivity index (χ4v) is 1.57. The van der Waals surface area contributed by atoms with Crippen molar-refractivity contribution in [3.8, 4) is 11.8 Å². The highest BCUT2D eigenvalue weighted by Crippen LogP contribution is 2.15. The molecule has 0 aliphatic heterocycles. The number of rotatable bonds is 4. The number of halogens is 2. The maximum atomic E-state index is 12.9. The van der Waals surface area contributed by atoms with Crippen molar-refractivity contribution >= 4 is 5.78 Å². The molecule has 0 bridgehead atoms. The zero-order valence-electron chi connectivity index (χ0n) is 10.3. The van der Waals surface area contributed by atoms with Gasteiger partial charge in [0, 0.05) is 23.8 Å². The Morgan fingerprint density at radius 1 is 1.10 bits per heavy atom. The maximum absolute atomic E-state index is 12.9. The van der Waals surface area contributed by atoms with Crippen LogP contribution in [-0.2, 0) is 0 Å². The zero-order valence-corrected chi connectivity index (χ0v) is 10.3. The Kier molecular flexibility index (Phi) is 4.06. The van der Waals surface area contributed by atoms with Crippen molar-refractivity contribution in [3.63, 3.8) is 0 Å². The minimum Gasteiger partial charge on any atom is -0.485 e. The second-order valence-corrected chi connectivity index (χ2v) is 4.01. The lowest BCUT2D eigenvalue weighted by Crippen LogP contribution is -2.11. The van der Waals surface area contributed by atoms with Crippen molar-refractivity contribution in [2.75, 3.05) is 6.61 Å². The second-order valence-electron chi connectivity index (χ2n) is 4.01. The lowest BCUT2D eigenvalue weighted by molar-refractivity contribution is 0.0921. The molecule has 5 heteroatoms. The molecule has 0 spiro atoms. The van der Waals surface area contributed by atoms with Gasteiger partial charge < -0.3 is 4.74 Å². The highest BCUT2D eigenvalue weighted by Gasteiger charge is 2.08. The molecule has 0 N–H and O–H groups in total. The molecule has 0 heterocycles. The Labute approximate surface area is 114 Å². The Hall–Kier alpha value is -2.74. The van der Waals surface area contributed by atoms with Crippen LogP contribution in [0.5, 0.6) is 5.75 Å². The lowest BCUT2D eigenvalue weighted by Gasteiger charge is -2.06. The van der Waals surface area contributed by atoms with Crippen molar-refractivity contribution < 1.29 is 18.3 Å². The average Bonchev–Trinajstić information content (AvgIpc) is 2.44. The minimum atomic E-state index is -0.772. The third-order valence-corrected chi connectivity index (χ3v) is 2.54. The number of Topliss-reactive ketones (excluding diaryl/α,β-unsaturated/α-hetero) is 1. The molecular formula is C15H9F2NO2. The van der Waals surface area contributed by atoms with Gasteiger partial charge in [0.1, 0.15) is 17.4 Å². The predicted octanol–water partition coefficient (Wildman–Crippen LogP) is 3.10. The molecule has 0 fully saturated rings. The van der Waals surface area contributed by atoms with E-state index in [0.717, 1.165) is 18.2 Å². The molecule has 0 aliphatic carbocycles. The first-order chi connectivity index (χ1) is 9.58. The quantitative estimate of drug-likeness (QED) is 0.804. The van der Waals surface area contributed by atoms with Gasteiger partial charge in [-0.15, -0.1) is 0 Å². The first kappa shape index (κ1) is 13.7. The van der Waals surface area contributed by atoms with Crippen LogP contribution in [0.4, 0.5) is 8.78 Å². The molecule has 0 amide bonds. The van der Waals surface area contributed by atoms with Gasteiger partial charge in [0.25, 0.3) is 0 Å². The summed E-state index contributed by atoms with van der Waals surface area (Å²) < 4.78 is 30.9. The van der Waals surface area contributed by atoms with E-state index in [9.17, 15) is 13.6 Å². The average molecular weight is 273 g/mol. The van der Waals surface area contributed by atoms with Crippen LogP contribution in [0, 0.1) is 23.0 Å². The summed E-state index contributed by atoms with van der Waals surface area (Å²) in [5, 5.41) is 8.64. The highest BCUT2D eigenvalue weighted by atomic mass is 19.1. The number of ether oxygens (including phenoxy) is 1. The molecule has 2 aromatic carbocycles. The number of hydrogen-bond acceptors (Lipinski definition) is 3. The van der Waals surface area contributed by atoms with E-state index in [4.69, 9.17) is 10.00 Å². The van der Waals surface area contributed by atoms with E-state index in [1.54, 1.807) is 0 Å². The monoisotopic (exact) mass is 273 g/mol. The Morgan fingerprint density at radius 3 is 2.25 bits per heavy atom. The highest BCUT2D eigenvalue weighted by molar-refractivity contribution is 5.97. The standard InChI is InChI=1S/C15H9F2NO2/c16-12-5-13(17)7-14(6-12)20-9-15(19)11-3-1-10(8-18)2-4-11/h1-7H,9H2. The fraction of sp³-hybridized carbons (Fsp3) is 0.0667. The number of carbonyl (C=O) groups excluding carboxylic acids is 1. The Bertz CT molecular complexity index is 655. The van der Waals surface area contributed by atoms with Gasteiger partial charge in [0.15, 0.2) is 12.4 Å². The molecule has 0 radical (unpaired) electrons. The predicted molar refractivity (Wildman–Crippen MR) is 67.3 cm³/mol. The molecule has 2 rings (SSSR count). The summed E-state index contributed by atoms with van der Waals surface area (Å²) in [5.41, 5.74) is 0.801. The van der Waals surface area contributed by atoms with E-state index in [0.29, 0.717) is 11.1 Å². The summed E-state index contributed by atoms with van der Waals surface area (Å²) in [5.74, 6) is -1.94. The van der Waals surface area contributed by atoms with Gasteiger partial charge in [0.2, 0.25) is 0 Å². The fourth-order valence-electron chi connectivity index (χ4n) is 1.57. The van der Waals surface area contributed by atoms with E-state index in [1.165, 1.54) is 24.3 Å². The van der Waals surface area contributed by atoms with Crippen LogP contribution in [-0.4, -0.2) is 12.4 Å². The first-order valence-corrected chi connectivity index (χ1v) is 5.71. The summed E-state index contributed by atoms with van der Waals surface area (Å²) in [4.78, 5) is 11.8. The minimum absolute atomic E-state index is 0.0514. The van der Waals surface area contributed by atoms with Gasteiger partial charge in [-0.25, -0.2) is 8.78 Å². The largest absolute Gasteiger partial charge is 0.485 e. The smallest absolute Gasteiger partial charge is 0.200 e. The Morgan fingerprint density at radius 2 is 1.70 bits per heavy atom. The second kappa shape index (κ2) is 5.93. The molecule has 0 atom stereocenters. The molecule has 100 valence electrons.